The number of urea groups is 1. The van der Waals surface area contributed by atoms with Crippen molar-refractivity contribution in [1.82, 2.24) is 10.2 Å². The summed E-state index contributed by atoms with van der Waals surface area (Å²) >= 11 is 0. The lowest BCUT2D eigenvalue weighted by Gasteiger charge is -2.24. The minimum atomic E-state index is -1.06. The summed E-state index contributed by atoms with van der Waals surface area (Å²) in [7, 11) is 0. The number of amides is 3. The number of aliphatic hydroxyl groups excluding tert-OH is 1. The van der Waals surface area contributed by atoms with Crippen LogP contribution in [-0.4, -0.2) is 46.3 Å². The Morgan fingerprint density at radius 2 is 1.84 bits per heavy atom. The van der Waals surface area contributed by atoms with Gasteiger partial charge in [-0.1, -0.05) is 6.92 Å². The normalized spacial score (nSPS) is 12.5. The van der Waals surface area contributed by atoms with Crippen LogP contribution in [0.25, 0.3) is 0 Å². The second kappa shape index (κ2) is 7.08. The summed E-state index contributed by atoms with van der Waals surface area (Å²) < 4.78 is 5.02. The quantitative estimate of drug-likeness (QED) is 0.578. The number of imide groups is 1. The molecule has 0 aliphatic heterocycles. The van der Waals surface area contributed by atoms with Crippen molar-refractivity contribution in [1.29, 1.82) is 0 Å². The van der Waals surface area contributed by atoms with Gasteiger partial charge in [0.1, 0.15) is 18.4 Å². The van der Waals surface area contributed by atoms with Gasteiger partial charge in [0.25, 0.3) is 0 Å². The fraction of sp³-hybridized carbons (Fsp3) is 0.750. The first-order valence-electron chi connectivity index (χ1n) is 6.05. The minimum absolute atomic E-state index is 0.296. The molecule has 1 atom stereocenters. The number of nitrogens with one attached hydrogen (secondary N) is 1. The Morgan fingerprint density at radius 3 is 2.21 bits per heavy atom. The Labute approximate surface area is 112 Å². The van der Waals surface area contributed by atoms with Gasteiger partial charge in [0.2, 0.25) is 5.91 Å². The maximum Gasteiger partial charge on any atom is 0.326 e. The third kappa shape index (κ3) is 7.40. The molecule has 0 aromatic rings. The molecule has 0 spiro atoms. The number of esters is 1. The van der Waals surface area contributed by atoms with Crippen molar-refractivity contribution in [2.24, 2.45) is 0 Å². The van der Waals surface area contributed by atoms with Gasteiger partial charge < -0.3 is 15.2 Å². The Kier molecular flexibility index (Phi) is 6.47. The molecule has 0 aliphatic carbocycles. The first kappa shape index (κ1) is 17.4. The van der Waals surface area contributed by atoms with Crippen LogP contribution in [0.4, 0.5) is 4.79 Å². The predicted octanol–water partition coefficient (Wildman–Crippen LogP) is 0.615. The summed E-state index contributed by atoms with van der Waals surface area (Å²) in [5.74, 6) is -1.30. The van der Waals surface area contributed by atoms with E-state index < -0.39 is 36.3 Å². The van der Waals surface area contributed by atoms with Gasteiger partial charge >= 0.3 is 12.0 Å². The Hall–Kier alpha value is -1.63. The average Bonchev–Trinajstić information content (AvgIpc) is 2.22. The van der Waals surface area contributed by atoms with E-state index in [0.717, 1.165) is 6.92 Å². The predicted molar refractivity (Wildman–Crippen MR) is 68.1 cm³/mol. The molecule has 0 aromatic heterocycles. The fourth-order valence-electron chi connectivity index (χ4n) is 1.15. The lowest BCUT2D eigenvalue weighted by Crippen LogP contribution is -2.49. The number of hydrogen-bond acceptors (Lipinski definition) is 5. The molecular formula is C12H22N2O5. The van der Waals surface area contributed by atoms with Crippen molar-refractivity contribution in [3.63, 3.8) is 0 Å². The Balaban J connectivity index is 4.62. The summed E-state index contributed by atoms with van der Waals surface area (Å²) in [6, 6.07) is -0.826. The second-order valence-electron chi connectivity index (χ2n) is 5.07. The molecule has 1 unspecified atom stereocenters. The van der Waals surface area contributed by atoms with E-state index in [4.69, 9.17) is 4.74 Å². The van der Waals surface area contributed by atoms with Gasteiger partial charge in [-0.15, -0.1) is 0 Å². The number of carbonyl (C=O) groups is 3. The van der Waals surface area contributed by atoms with Gasteiger partial charge in [-0.2, -0.15) is 0 Å². The van der Waals surface area contributed by atoms with Crippen LogP contribution in [-0.2, 0) is 14.3 Å². The molecule has 7 heteroatoms. The zero-order valence-electron chi connectivity index (χ0n) is 12.0. The molecule has 0 aliphatic rings. The Morgan fingerprint density at radius 1 is 1.32 bits per heavy atom. The van der Waals surface area contributed by atoms with Crippen molar-refractivity contribution in [3.8, 4) is 0 Å². The zero-order valence-corrected chi connectivity index (χ0v) is 12.0. The summed E-state index contributed by atoms with van der Waals surface area (Å²) in [4.78, 5) is 35.3. The van der Waals surface area contributed by atoms with E-state index in [2.05, 4.69) is 5.32 Å². The molecule has 0 saturated carbocycles. The van der Waals surface area contributed by atoms with E-state index in [1.807, 2.05) is 0 Å². The van der Waals surface area contributed by atoms with E-state index in [-0.39, 0.29) is 0 Å². The summed E-state index contributed by atoms with van der Waals surface area (Å²) in [6.07, 6.45) is -0.766. The lowest BCUT2D eigenvalue weighted by atomic mass is 10.2. The maximum absolute atomic E-state index is 11.7. The highest BCUT2D eigenvalue weighted by Gasteiger charge is 2.25. The minimum Gasteiger partial charge on any atom is -0.459 e. The standard InChI is InChI=1S/C12H22N2O5/c1-6-9(16)13-11(18)14(8(2)15)7-10(17)19-12(3,4)5/h9,16H,6-7H2,1-5H3,(H,13,18). The van der Waals surface area contributed by atoms with E-state index in [1.165, 1.54) is 0 Å². The van der Waals surface area contributed by atoms with Crippen molar-refractivity contribution < 1.29 is 24.2 Å². The molecule has 2 N–H and O–H groups in total. The summed E-state index contributed by atoms with van der Waals surface area (Å²) in [5, 5.41) is 11.5. The van der Waals surface area contributed by atoms with Crippen LogP contribution in [0, 0.1) is 0 Å². The van der Waals surface area contributed by atoms with E-state index in [9.17, 15) is 19.5 Å². The molecule has 19 heavy (non-hydrogen) atoms. The smallest absolute Gasteiger partial charge is 0.326 e. The molecule has 0 rings (SSSR count). The van der Waals surface area contributed by atoms with Gasteiger partial charge in [0.15, 0.2) is 0 Å². The van der Waals surface area contributed by atoms with E-state index in [1.54, 1.807) is 27.7 Å². The van der Waals surface area contributed by atoms with Crippen molar-refractivity contribution in [3.05, 3.63) is 0 Å². The fourth-order valence-corrected chi connectivity index (χ4v) is 1.15. The first-order valence-corrected chi connectivity index (χ1v) is 6.05. The molecule has 0 bridgehead atoms. The molecule has 0 heterocycles. The molecule has 110 valence electrons. The van der Waals surface area contributed by atoms with E-state index in [0.29, 0.717) is 11.3 Å². The number of nitrogens with zero attached hydrogens (tertiary/aromatic N) is 1. The van der Waals surface area contributed by atoms with Crippen LogP contribution >= 0.6 is 0 Å². The van der Waals surface area contributed by atoms with Crippen LogP contribution in [0.2, 0.25) is 0 Å². The lowest BCUT2D eigenvalue weighted by molar-refractivity contribution is -0.157. The van der Waals surface area contributed by atoms with Crippen LogP contribution in [0.15, 0.2) is 0 Å². The molecule has 0 aromatic carbocycles. The second-order valence-corrected chi connectivity index (χ2v) is 5.07. The number of aliphatic hydroxyl groups is 1. The average molecular weight is 274 g/mol. The Bertz CT molecular complexity index is 349. The van der Waals surface area contributed by atoms with Gasteiger partial charge in [-0.3, -0.25) is 14.5 Å². The molecule has 7 nitrogen and oxygen atoms in total. The van der Waals surface area contributed by atoms with Crippen LogP contribution < -0.4 is 5.32 Å². The number of carbonyl (C=O) groups excluding carboxylic acids is 3. The largest absolute Gasteiger partial charge is 0.459 e. The van der Waals surface area contributed by atoms with Gasteiger partial charge in [-0.25, -0.2) is 4.79 Å². The molecule has 0 radical (unpaired) electrons. The summed E-state index contributed by atoms with van der Waals surface area (Å²) in [5.41, 5.74) is -0.695. The number of hydrogen-bond donors (Lipinski definition) is 2. The van der Waals surface area contributed by atoms with Gasteiger partial charge in [-0.05, 0) is 27.2 Å². The SMILES string of the molecule is CCC(O)NC(=O)N(CC(=O)OC(C)(C)C)C(C)=O. The third-order valence-electron chi connectivity index (χ3n) is 2.01. The summed E-state index contributed by atoms with van der Waals surface area (Å²) in [6.45, 7) is 7.38. The molecule has 0 fully saturated rings. The topological polar surface area (TPSA) is 95.9 Å². The maximum atomic E-state index is 11.7. The van der Waals surface area contributed by atoms with Crippen molar-refractivity contribution >= 4 is 17.9 Å². The third-order valence-corrected chi connectivity index (χ3v) is 2.01. The zero-order chi connectivity index (χ0) is 15.2. The van der Waals surface area contributed by atoms with Crippen LogP contribution in [0.1, 0.15) is 41.0 Å². The van der Waals surface area contributed by atoms with Crippen molar-refractivity contribution in [2.75, 3.05) is 6.54 Å². The first-order chi connectivity index (χ1) is 8.56. The molecule has 0 saturated heterocycles. The highest BCUT2D eigenvalue weighted by atomic mass is 16.6. The van der Waals surface area contributed by atoms with Crippen LogP contribution in [0.3, 0.4) is 0 Å². The molecular weight excluding hydrogens is 252 g/mol. The van der Waals surface area contributed by atoms with E-state index >= 15 is 0 Å². The van der Waals surface area contributed by atoms with Gasteiger partial charge in [0, 0.05) is 6.92 Å². The highest BCUT2D eigenvalue weighted by molar-refractivity contribution is 5.96. The monoisotopic (exact) mass is 274 g/mol. The van der Waals surface area contributed by atoms with Gasteiger partial charge in [0.05, 0.1) is 0 Å². The number of rotatable bonds is 4. The number of ether oxygens (including phenoxy) is 1. The highest BCUT2D eigenvalue weighted by Crippen LogP contribution is 2.07. The van der Waals surface area contributed by atoms with Crippen LogP contribution in [0.5, 0.6) is 0 Å². The van der Waals surface area contributed by atoms with Crippen molar-refractivity contribution in [2.45, 2.75) is 52.9 Å². The molecule has 3 amide bonds.